The number of hydrogen-bond donors (Lipinski definition) is 2. The van der Waals surface area contributed by atoms with Crippen LogP contribution in [0.15, 0.2) is 30.3 Å². The third kappa shape index (κ3) is 5.55. The lowest BCUT2D eigenvalue weighted by Crippen LogP contribution is -2.36. The molecule has 0 aliphatic carbocycles. The predicted molar refractivity (Wildman–Crippen MR) is 79.8 cm³/mol. The zero-order chi connectivity index (χ0) is 15.1. The second-order valence-electron chi connectivity index (χ2n) is 5.52. The highest BCUT2D eigenvalue weighted by Crippen LogP contribution is 2.13. The van der Waals surface area contributed by atoms with Gasteiger partial charge in [0.1, 0.15) is 0 Å². The quantitative estimate of drug-likeness (QED) is 0.801. The first-order chi connectivity index (χ1) is 10.1. The van der Waals surface area contributed by atoms with Gasteiger partial charge in [0.25, 0.3) is 0 Å². The summed E-state index contributed by atoms with van der Waals surface area (Å²) in [5.41, 5.74) is 1.28. The molecule has 0 radical (unpaired) electrons. The number of carbonyl (C=O) groups is 2. The molecule has 1 saturated heterocycles. The number of carboxylic acid groups (broad SMARTS) is 1. The molecule has 114 valence electrons. The van der Waals surface area contributed by atoms with E-state index in [0.717, 1.165) is 26.1 Å². The standard InChI is InChI=1S/C16H22N2O3/c19-15(7-4-8-16(20)21)17-14-9-10-18(12-14)11-13-5-2-1-3-6-13/h1-3,5-6,14H,4,7-12H2,(H,17,19)(H,20,21). The molecule has 0 spiro atoms. The summed E-state index contributed by atoms with van der Waals surface area (Å²) in [6, 6.07) is 10.5. The lowest BCUT2D eigenvalue weighted by Gasteiger charge is -2.16. The van der Waals surface area contributed by atoms with Crippen molar-refractivity contribution >= 4 is 11.9 Å². The minimum Gasteiger partial charge on any atom is -0.481 e. The molecule has 21 heavy (non-hydrogen) atoms. The van der Waals surface area contributed by atoms with E-state index in [0.29, 0.717) is 12.8 Å². The molecule has 1 fully saturated rings. The smallest absolute Gasteiger partial charge is 0.303 e. The Hall–Kier alpha value is -1.88. The van der Waals surface area contributed by atoms with Crippen molar-refractivity contribution in [3.05, 3.63) is 35.9 Å². The Balaban J connectivity index is 1.68. The van der Waals surface area contributed by atoms with Gasteiger partial charge in [0.05, 0.1) is 0 Å². The number of nitrogens with zero attached hydrogens (tertiary/aromatic N) is 1. The number of benzene rings is 1. The summed E-state index contributed by atoms with van der Waals surface area (Å²) < 4.78 is 0. The van der Waals surface area contributed by atoms with Crippen molar-refractivity contribution in [2.24, 2.45) is 0 Å². The first-order valence-corrected chi connectivity index (χ1v) is 7.41. The van der Waals surface area contributed by atoms with E-state index in [1.165, 1.54) is 5.56 Å². The molecule has 1 aliphatic rings. The Kier molecular flexibility index (Phi) is 5.75. The van der Waals surface area contributed by atoms with Gasteiger partial charge in [0.15, 0.2) is 0 Å². The van der Waals surface area contributed by atoms with Crippen molar-refractivity contribution < 1.29 is 14.7 Å². The van der Waals surface area contributed by atoms with E-state index in [9.17, 15) is 9.59 Å². The van der Waals surface area contributed by atoms with Crippen LogP contribution in [0.2, 0.25) is 0 Å². The van der Waals surface area contributed by atoms with Crippen molar-refractivity contribution in [2.75, 3.05) is 13.1 Å². The van der Waals surface area contributed by atoms with Crippen molar-refractivity contribution in [3.63, 3.8) is 0 Å². The molecular formula is C16H22N2O3. The summed E-state index contributed by atoms with van der Waals surface area (Å²) >= 11 is 0. The maximum atomic E-state index is 11.7. The molecule has 1 amide bonds. The first-order valence-electron chi connectivity index (χ1n) is 7.41. The maximum Gasteiger partial charge on any atom is 0.303 e. The number of carboxylic acids is 1. The second kappa shape index (κ2) is 7.78. The van der Waals surface area contributed by atoms with Gasteiger partial charge in [0.2, 0.25) is 5.91 Å². The van der Waals surface area contributed by atoms with Gasteiger partial charge in [-0.15, -0.1) is 0 Å². The zero-order valence-electron chi connectivity index (χ0n) is 12.1. The molecule has 5 heteroatoms. The molecule has 1 unspecified atom stereocenters. The number of rotatable bonds is 7. The minimum atomic E-state index is -0.849. The highest BCUT2D eigenvalue weighted by Gasteiger charge is 2.23. The van der Waals surface area contributed by atoms with Crippen LogP contribution in [0.3, 0.4) is 0 Å². The summed E-state index contributed by atoms with van der Waals surface area (Å²) in [7, 11) is 0. The Labute approximate surface area is 125 Å². The van der Waals surface area contributed by atoms with E-state index in [-0.39, 0.29) is 18.4 Å². The summed E-state index contributed by atoms with van der Waals surface area (Å²) in [4.78, 5) is 24.5. The van der Waals surface area contributed by atoms with Gasteiger partial charge < -0.3 is 10.4 Å². The largest absolute Gasteiger partial charge is 0.481 e. The summed E-state index contributed by atoms with van der Waals surface area (Å²) in [5, 5.41) is 11.5. The number of hydrogen-bond acceptors (Lipinski definition) is 3. The second-order valence-corrected chi connectivity index (χ2v) is 5.52. The third-order valence-corrected chi connectivity index (χ3v) is 3.68. The average Bonchev–Trinajstić information content (AvgIpc) is 2.86. The normalized spacial score (nSPS) is 18.6. The highest BCUT2D eigenvalue weighted by molar-refractivity contribution is 5.77. The predicted octanol–water partition coefficient (Wildman–Crippen LogP) is 1.63. The first kappa shape index (κ1) is 15.5. The summed E-state index contributed by atoms with van der Waals surface area (Å²) in [6.07, 6.45) is 1.71. The molecule has 1 aromatic rings. The molecule has 2 rings (SSSR count). The van der Waals surface area contributed by atoms with Crippen molar-refractivity contribution in [2.45, 2.75) is 38.3 Å². The van der Waals surface area contributed by atoms with Gasteiger partial charge >= 0.3 is 5.97 Å². The van der Waals surface area contributed by atoms with Crippen LogP contribution in [0.1, 0.15) is 31.2 Å². The molecule has 0 bridgehead atoms. The number of aliphatic carboxylic acids is 1. The lowest BCUT2D eigenvalue weighted by atomic mass is 10.2. The van der Waals surface area contributed by atoms with Gasteiger partial charge in [-0.2, -0.15) is 0 Å². The lowest BCUT2D eigenvalue weighted by molar-refractivity contribution is -0.137. The third-order valence-electron chi connectivity index (χ3n) is 3.68. The molecule has 5 nitrogen and oxygen atoms in total. The number of carbonyl (C=O) groups excluding carboxylic acids is 1. The van der Waals surface area contributed by atoms with Crippen molar-refractivity contribution in [1.82, 2.24) is 10.2 Å². The van der Waals surface area contributed by atoms with E-state index in [1.54, 1.807) is 0 Å². The van der Waals surface area contributed by atoms with Crippen LogP contribution >= 0.6 is 0 Å². The highest BCUT2D eigenvalue weighted by atomic mass is 16.4. The Morgan fingerprint density at radius 3 is 2.71 bits per heavy atom. The topological polar surface area (TPSA) is 69.6 Å². The van der Waals surface area contributed by atoms with Crippen molar-refractivity contribution in [1.29, 1.82) is 0 Å². The number of nitrogens with one attached hydrogen (secondary N) is 1. The van der Waals surface area contributed by atoms with Crippen LogP contribution in [0.5, 0.6) is 0 Å². The summed E-state index contributed by atoms with van der Waals surface area (Å²) in [5.74, 6) is -0.888. The molecule has 0 saturated carbocycles. The fourth-order valence-corrected chi connectivity index (χ4v) is 2.64. The van der Waals surface area contributed by atoms with Gasteiger partial charge in [-0.1, -0.05) is 30.3 Å². The van der Waals surface area contributed by atoms with Crippen LogP contribution < -0.4 is 5.32 Å². The number of likely N-dealkylation sites (tertiary alicyclic amines) is 1. The molecule has 2 N–H and O–H groups in total. The molecule has 1 aliphatic heterocycles. The van der Waals surface area contributed by atoms with E-state index < -0.39 is 5.97 Å². The Bertz CT molecular complexity index is 476. The molecule has 1 heterocycles. The van der Waals surface area contributed by atoms with Gasteiger partial charge in [-0.3, -0.25) is 14.5 Å². The van der Waals surface area contributed by atoms with Crippen LogP contribution in [0.25, 0.3) is 0 Å². The number of amides is 1. The van der Waals surface area contributed by atoms with Gasteiger partial charge in [0, 0.05) is 38.5 Å². The van der Waals surface area contributed by atoms with Crippen LogP contribution in [0.4, 0.5) is 0 Å². The zero-order valence-corrected chi connectivity index (χ0v) is 12.1. The summed E-state index contributed by atoms with van der Waals surface area (Å²) in [6.45, 7) is 2.75. The average molecular weight is 290 g/mol. The molecule has 0 aromatic heterocycles. The van der Waals surface area contributed by atoms with Crippen LogP contribution in [-0.2, 0) is 16.1 Å². The monoisotopic (exact) mass is 290 g/mol. The van der Waals surface area contributed by atoms with E-state index in [2.05, 4.69) is 22.3 Å². The minimum absolute atomic E-state index is 0.0391. The fourth-order valence-electron chi connectivity index (χ4n) is 2.64. The van der Waals surface area contributed by atoms with Gasteiger partial charge in [-0.05, 0) is 18.4 Å². The van der Waals surface area contributed by atoms with Crippen LogP contribution in [-0.4, -0.2) is 41.0 Å². The van der Waals surface area contributed by atoms with E-state index in [1.807, 2.05) is 18.2 Å². The molecule has 1 atom stereocenters. The van der Waals surface area contributed by atoms with Gasteiger partial charge in [-0.25, -0.2) is 0 Å². The van der Waals surface area contributed by atoms with Crippen molar-refractivity contribution in [3.8, 4) is 0 Å². The molecule has 1 aromatic carbocycles. The van der Waals surface area contributed by atoms with Crippen LogP contribution in [0, 0.1) is 0 Å². The molecular weight excluding hydrogens is 268 g/mol. The fraction of sp³-hybridized carbons (Fsp3) is 0.500. The SMILES string of the molecule is O=C(O)CCCC(=O)NC1CCN(Cc2ccccc2)C1. The van der Waals surface area contributed by atoms with E-state index >= 15 is 0 Å². The maximum absolute atomic E-state index is 11.7. The Morgan fingerprint density at radius 2 is 2.00 bits per heavy atom. The van der Waals surface area contributed by atoms with E-state index in [4.69, 9.17) is 5.11 Å². The Morgan fingerprint density at radius 1 is 1.24 bits per heavy atom.